The molecule has 0 N–H and O–H groups in total. The molecule has 0 aromatic rings. The third-order valence-corrected chi connectivity index (χ3v) is 6.76. The van der Waals surface area contributed by atoms with Crippen LogP contribution in [0, 0.1) is 0 Å². The van der Waals surface area contributed by atoms with Gasteiger partial charge in [0, 0.05) is 5.67 Å². The zero-order valence-corrected chi connectivity index (χ0v) is 10.4. The normalized spacial score (nSPS) is 16.2. The van der Waals surface area contributed by atoms with Gasteiger partial charge in [-0.1, -0.05) is 25.1 Å². The number of rotatable bonds is 5. The number of nitrogens with zero attached hydrogens (tertiary/aromatic N) is 1. The van der Waals surface area contributed by atoms with E-state index in [2.05, 4.69) is 46.3 Å². The van der Waals surface area contributed by atoms with Crippen LogP contribution < -0.4 is 0 Å². The van der Waals surface area contributed by atoms with Crippen molar-refractivity contribution in [3.63, 3.8) is 0 Å². The summed E-state index contributed by atoms with van der Waals surface area (Å²) in [5.74, 6) is 0. The summed E-state index contributed by atoms with van der Waals surface area (Å²) in [5, 5.41) is 1.46. The highest BCUT2D eigenvalue weighted by molar-refractivity contribution is 6.67. The van der Waals surface area contributed by atoms with Gasteiger partial charge in [-0.15, -0.1) is 6.58 Å². The first-order chi connectivity index (χ1) is 5.54. The van der Waals surface area contributed by atoms with E-state index in [4.69, 9.17) is 0 Å². The zero-order valence-electron chi connectivity index (χ0n) is 9.22. The Bertz CT molecular complexity index is 143. The Balaban J connectivity index is 4.33. The molecular formula is C10H23NSi. The SMILES string of the molecule is C=C(C)[SiH](CC)C(CC)N(C)C. The van der Waals surface area contributed by atoms with Crippen LogP contribution in [0.5, 0.6) is 0 Å². The lowest BCUT2D eigenvalue weighted by molar-refractivity contribution is 0.360. The highest BCUT2D eigenvalue weighted by atomic mass is 28.3. The molecule has 0 aliphatic rings. The lowest BCUT2D eigenvalue weighted by atomic mass is 10.4. The third kappa shape index (κ3) is 3.11. The van der Waals surface area contributed by atoms with Crippen molar-refractivity contribution in [3.8, 4) is 0 Å². The van der Waals surface area contributed by atoms with Crippen molar-refractivity contribution in [3.05, 3.63) is 11.8 Å². The maximum Gasteiger partial charge on any atom is 0.0830 e. The molecule has 0 fully saturated rings. The van der Waals surface area contributed by atoms with Gasteiger partial charge in [0.05, 0.1) is 8.80 Å². The first-order valence-corrected chi connectivity index (χ1v) is 6.92. The summed E-state index contributed by atoms with van der Waals surface area (Å²) in [4.78, 5) is 2.37. The molecule has 2 heteroatoms. The average Bonchev–Trinajstić information content (AvgIpc) is 1.98. The first-order valence-electron chi connectivity index (χ1n) is 4.86. The van der Waals surface area contributed by atoms with E-state index in [0.717, 1.165) is 5.67 Å². The maximum atomic E-state index is 4.11. The van der Waals surface area contributed by atoms with E-state index >= 15 is 0 Å². The molecule has 0 saturated heterocycles. The molecule has 0 saturated carbocycles. The summed E-state index contributed by atoms with van der Waals surface area (Å²) in [6, 6.07) is 1.34. The van der Waals surface area contributed by atoms with Crippen LogP contribution in [0.4, 0.5) is 0 Å². The molecule has 0 aliphatic carbocycles. The fraction of sp³-hybridized carbons (Fsp3) is 0.800. The summed E-state index contributed by atoms with van der Waals surface area (Å²) >= 11 is 0. The van der Waals surface area contributed by atoms with E-state index < -0.39 is 8.80 Å². The van der Waals surface area contributed by atoms with Gasteiger partial charge in [-0.05, 0) is 27.4 Å². The molecule has 0 heterocycles. The van der Waals surface area contributed by atoms with Crippen LogP contribution in [0.25, 0.3) is 0 Å². The van der Waals surface area contributed by atoms with Crippen molar-refractivity contribution in [1.29, 1.82) is 0 Å². The predicted octanol–water partition coefficient (Wildman–Crippen LogP) is 2.23. The Morgan fingerprint density at radius 3 is 2.00 bits per heavy atom. The summed E-state index contributed by atoms with van der Waals surface area (Å²) in [6.07, 6.45) is 1.27. The van der Waals surface area contributed by atoms with Crippen LogP contribution in [-0.2, 0) is 0 Å². The van der Waals surface area contributed by atoms with Gasteiger partial charge in [-0.3, -0.25) is 0 Å². The minimum Gasteiger partial charge on any atom is -0.309 e. The van der Waals surface area contributed by atoms with Crippen molar-refractivity contribution in [2.24, 2.45) is 0 Å². The van der Waals surface area contributed by atoms with Gasteiger partial charge in [-0.2, -0.15) is 0 Å². The van der Waals surface area contributed by atoms with Gasteiger partial charge in [0.15, 0.2) is 0 Å². The lowest BCUT2D eigenvalue weighted by Gasteiger charge is -2.30. The molecule has 0 aromatic carbocycles. The van der Waals surface area contributed by atoms with Gasteiger partial charge in [0.2, 0.25) is 0 Å². The molecule has 0 amide bonds. The van der Waals surface area contributed by atoms with Crippen molar-refractivity contribution < 1.29 is 0 Å². The van der Waals surface area contributed by atoms with E-state index in [0.29, 0.717) is 0 Å². The Kier molecular flexibility index (Phi) is 5.50. The van der Waals surface area contributed by atoms with Crippen LogP contribution in [0.2, 0.25) is 6.04 Å². The Hall–Kier alpha value is -0.0831. The van der Waals surface area contributed by atoms with E-state index in [1.807, 2.05) is 0 Å². The first kappa shape index (κ1) is 11.9. The standard InChI is InChI=1S/C10H23NSi/c1-7-10(11(5)6)12(8-2)9(3)4/h10,12H,3,7-8H2,1-2,4-6H3. The molecule has 0 bridgehead atoms. The molecule has 1 nitrogen and oxygen atoms in total. The zero-order chi connectivity index (χ0) is 9.72. The molecule has 2 atom stereocenters. The van der Waals surface area contributed by atoms with Crippen molar-refractivity contribution >= 4 is 8.80 Å². The van der Waals surface area contributed by atoms with Crippen molar-refractivity contribution in [2.45, 2.75) is 38.9 Å². The number of allylic oxidation sites excluding steroid dienone is 1. The third-order valence-electron chi connectivity index (χ3n) is 2.62. The average molecular weight is 185 g/mol. The number of hydrogen-bond donors (Lipinski definition) is 0. The molecule has 12 heavy (non-hydrogen) atoms. The van der Waals surface area contributed by atoms with Crippen molar-refractivity contribution in [2.75, 3.05) is 14.1 Å². The van der Waals surface area contributed by atoms with E-state index in [-0.39, 0.29) is 0 Å². The van der Waals surface area contributed by atoms with Gasteiger partial charge < -0.3 is 4.90 Å². The van der Waals surface area contributed by atoms with E-state index in [1.165, 1.54) is 17.7 Å². The van der Waals surface area contributed by atoms with E-state index in [9.17, 15) is 0 Å². The molecule has 0 rings (SSSR count). The molecule has 0 aliphatic heterocycles. The van der Waals surface area contributed by atoms with E-state index in [1.54, 1.807) is 0 Å². The summed E-state index contributed by atoms with van der Waals surface area (Å²) < 4.78 is 0. The minimum atomic E-state index is -0.728. The van der Waals surface area contributed by atoms with Crippen LogP contribution in [0.1, 0.15) is 27.2 Å². The second-order valence-electron chi connectivity index (χ2n) is 3.80. The Morgan fingerprint density at radius 1 is 1.42 bits per heavy atom. The topological polar surface area (TPSA) is 3.24 Å². The monoisotopic (exact) mass is 185 g/mol. The summed E-state index contributed by atoms with van der Waals surface area (Å²) in [5.41, 5.74) is 0.799. The molecule has 0 radical (unpaired) electrons. The van der Waals surface area contributed by atoms with Crippen LogP contribution >= 0.6 is 0 Å². The lowest BCUT2D eigenvalue weighted by Crippen LogP contribution is -2.42. The Labute approximate surface area is 79.1 Å². The minimum absolute atomic E-state index is 0.728. The van der Waals surface area contributed by atoms with Gasteiger partial charge >= 0.3 is 0 Å². The van der Waals surface area contributed by atoms with Gasteiger partial charge in [0.25, 0.3) is 0 Å². The van der Waals surface area contributed by atoms with Crippen LogP contribution in [0.3, 0.4) is 0 Å². The molecule has 72 valence electrons. The fourth-order valence-corrected chi connectivity index (χ4v) is 5.15. The summed E-state index contributed by atoms with van der Waals surface area (Å²) in [6.45, 7) is 10.9. The number of hydrogen-bond acceptors (Lipinski definition) is 1. The smallest absolute Gasteiger partial charge is 0.0830 e. The Morgan fingerprint density at radius 2 is 1.92 bits per heavy atom. The second-order valence-corrected chi connectivity index (χ2v) is 7.58. The fourth-order valence-electron chi connectivity index (χ4n) is 1.96. The molecule has 0 spiro atoms. The quantitative estimate of drug-likeness (QED) is 0.594. The molecule has 0 aromatic heterocycles. The van der Waals surface area contributed by atoms with Gasteiger partial charge in [-0.25, -0.2) is 0 Å². The predicted molar refractivity (Wildman–Crippen MR) is 60.2 cm³/mol. The largest absolute Gasteiger partial charge is 0.309 e. The second kappa shape index (κ2) is 5.54. The maximum absolute atomic E-state index is 4.11. The molecule has 2 unspecified atom stereocenters. The van der Waals surface area contributed by atoms with Crippen LogP contribution in [0.15, 0.2) is 11.8 Å². The summed E-state index contributed by atoms with van der Waals surface area (Å²) in [7, 11) is 3.65. The molecular weight excluding hydrogens is 162 g/mol. The van der Waals surface area contributed by atoms with Crippen molar-refractivity contribution in [1.82, 2.24) is 4.90 Å². The van der Waals surface area contributed by atoms with Crippen LogP contribution in [-0.4, -0.2) is 33.5 Å². The van der Waals surface area contributed by atoms with Gasteiger partial charge in [0.1, 0.15) is 0 Å². The highest BCUT2D eigenvalue weighted by Gasteiger charge is 2.21. The highest BCUT2D eigenvalue weighted by Crippen LogP contribution is 2.13.